The first kappa shape index (κ1) is 28.7. The van der Waals surface area contributed by atoms with E-state index in [1.54, 1.807) is 0 Å². The van der Waals surface area contributed by atoms with E-state index in [4.69, 9.17) is 16.3 Å². The number of carbonyl (C=O) groups is 1. The van der Waals surface area contributed by atoms with Gasteiger partial charge in [0.1, 0.15) is 12.4 Å². The summed E-state index contributed by atoms with van der Waals surface area (Å²) in [6, 6.07) is 7.84. The van der Waals surface area contributed by atoms with Crippen molar-refractivity contribution in [1.29, 1.82) is 0 Å². The molecule has 0 amide bonds. The third-order valence-electron chi connectivity index (χ3n) is 8.33. The standard InChI is InChI=1S/C32H40ClN3O4/c1-32(2,39)23-9-12-30-28(17-23)26(27-5-3-14-34-29(27)21-40-30)6-4-15-35-16-13-25(19-35)36(20-31(37)38)18-22-7-10-24(33)11-8-22/h3,5-12,23,25,34,39H,4,13-21H2,1-2H3,(H,37,38)/b26-6+/t23?,25-/m1/s1. The maximum Gasteiger partial charge on any atom is 0.317 e. The summed E-state index contributed by atoms with van der Waals surface area (Å²) in [5.41, 5.74) is 4.87. The molecule has 5 rings (SSSR count). The monoisotopic (exact) mass is 565 g/mol. The van der Waals surface area contributed by atoms with Crippen molar-refractivity contribution < 1.29 is 19.7 Å². The van der Waals surface area contributed by atoms with Gasteiger partial charge in [-0.3, -0.25) is 9.69 Å². The van der Waals surface area contributed by atoms with Crippen LogP contribution in [-0.4, -0.2) is 77.0 Å². The van der Waals surface area contributed by atoms with E-state index >= 15 is 0 Å². The van der Waals surface area contributed by atoms with Crippen molar-refractivity contribution in [2.24, 2.45) is 5.92 Å². The number of aliphatic hydroxyl groups is 1. The maximum atomic E-state index is 11.6. The van der Waals surface area contributed by atoms with Crippen molar-refractivity contribution in [1.82, 2.24) is 15.1 Å². The van der Waals surface area contributed by atoms with E-state index in [0.29, 0.717) is 18.2 Å². The summed E-state index contributed by atoms with van der Waals surface area (Å²) in [6.07, 6.45) is 13.3. The van der Waals surface area contributed by atoms with Crippen molar-refractivity contribution in [3.8, 4) is 0 Å². The van der Waals surface area contributed by atoms with Crippen LogP contribution in [0.4, 0.5) is 0 Å². The molecule has 0 bridgehead atoms. The Hall–Kier alpha value is -2.84. The van der Waals surface area contributed by atoms with Gasteiger partial charge in [0.2, 0.25) is 0 Å². The van der Waals surface area contributed by atoms with Crippen LogP contribution in [-0.2, 0) is 16.1 Å². The Morgan fingerprint density at radius 2 is 2.08 bits per heavy atom. The summed E-state index contributed by atoms with van der Waals surface area (Å²) >= 11 is 6.04. The summed E-state index contributed by atoms with van der Waals surface area (Å²) in [5, 5.41) is 24.5. The predicted molar refractivity (Wildman–Crippen MR) is 158 cm³/mol. The molecule has 4 aliphatic rings. The number of hydrogen-bond acceptors (Lipinski definition) is 6. The molecule has 1 aromatic rings. The minimum atomic E-state index is -0.817. The number of ether oxygens (including phenoxy) is 1. The van der Waals surface area contributed by atoms with Gasteiger partial charge >= 0.3 is 5.97 Å². The van der Waals surface area contributed by atoms with Crippen LogP contribution in [0.15, 0.2) is 82.8 Å². The SMILES string of the molecule is CC(C)(O)C1C=CC2=C(C1)/C(=C/CCN1CC[C@@H](N(CC(=O)O)Cc3ccc(Cl)cc3)C1)C1=C(CO2)NCC=C1. The van der Waals surface area contributed by atoms with Crippen LogP contribution in [0.1, 0.15) is 38.7 Å². The molecule has 7 nitrogen and oxygen atoms in total. The van der Waals surface area contributed by atoms with Gasteiger partial charge in [-0.05, 0) is 69.0 Å². The molecule has 0 spiro atoms. The number of hydrogen-bond donors (Lipinski definition) is 3. The Morgan fingerprint density at radius 1 is 1.27 bits per heavy atom. The third-order valence-corrected chi connectivity index (χ3v) is 8.59. The van der Waals surface area contributed by atoms with E-state index in [-0.39, 0.29) is 18.5 Å². The van der Waals surface area contributed by atoms with E-state index in [0.717, 1.165) is 68.0 Å². The van der Waals surface area contributed by atoms with Crippen LogP contribution < -0.4 is 5.32 Å². The van der Waals surface area contributed by atoms with E-state index < -0.39 is 11.6 Å². The molecule has 0 aromatic heterocycles. The van der Waals surface area contributed by atoms with Gasteiger partial charge in [0.15, 0.2) is 0 Å². The highest BCUT2D eigenvalue weighted by Crippen LogP contribution is 2.40. The highest BCUT2D eigenvalue weighted by molar-refractivity contribution is 6.30. The van der Waals surface area contributed by atoms with Gasteiger partial charge in [-0.25, -0.2) is 0 Å². The van der Waals surface area contributed by atoms with Crippen LogP contribution in [0.3, 0.4) is 0 Å². The van der Waals surface area contributed by atoms with Crippen molar-refractivity contribution in [3.05, 3.63) is 93.4 Å². The fourth-order valence-electron chi connectivity index (χ4n) is 6.05. The van der Waals surface area contributed by atoms with Gasteiger partial charge in [-0.2, -0.15) is 0 Å². The number of carboxylic acids is 1. The number of likely N-dealkylation sites (tertiary alicyclic amines) is 1. The predicted octanol–water partition coefficient (Wildman–Crippen LogP) is 4.66. The number of nitrogens with zero attached hydrogens (tertiary/aromatic N) is 2. The smallest absolute Gasteiger partial charge is 0.317 e. The zero-order valence-corrected chi connectivity index (χ0v) is 24.2. The van der Waals surface area contributed by atoms with E-state index in [2.05, 4.69) is 39.4 Å². The minimum Gasteiger partial charge on any atom is -0.487 e. The molecule has 0 saturated carbocycles. The molecule has 3 heterocycles. The van der Waals surface area contributed by atoms with Gasteiger partial charge < -0.3 is 25.2 Å². The Kier molecular flexibility index (Phi) is 8.86. The van der Waals surface area contributed by atoms with Crippen molar-refractivity contribution in [2.45, 2.75) is 51.3 Å². The topological polar surface area (TPSA) is 85.3 Å². The van der Waals surface area contributed by atoms with Crippen molar-refractivity contribution in [2.75, 3.05) is 39.3 Å². The first-order chi connectivity index (χ1) is 19.2. The summed E-state index contributed by atoms with van der Waals surface area (Å²) in [6.45, 7) is 8.34. The summed E-state index contributed by atoms with van der Waals surface area (Å²) in [4.78, 5) is 16.2. The number of benzene rings is 1. The van der Waals surface area contributed by atoms with Crippen LogP contribution >= 0.6 is 11.6 Å². The molecular weight excluding hydrogens is 526 g/mol. The molecule has 3 N–H and O–H groups in total. The minimum absolute atomic E-state index is 0.0149. The Labute approximate surface area is 242 Å². The molecule has 1 unspecified atom stereocenters. The maximum absolute atomic E-state index is 11.6. The molecule has 40 heavy (non-hydrogen) atoms. The van der Waals surface area contributed by atoms with Crippen LogP contribution in [0.2, 0.25) is 5.02 Å². The highest BCUT2D eigenvalue weighted by atomic mass is 35.5. The fourth-order valence-corrected chi connectivity index (χ4v) is 6.18. The van der Waals surface area contributed by atoms with Gasteiger partial charge in [-0.15, -0.1) is 0 Å². The van der Waals surface area contributed by atoms with E-state index in [1.807, 2.05) is 44.2 Å². The lowest BCUT2D eigenvalue weighted by Crippen LogP contribution is -2.40. The molecular formula is C32H40ClN3O4. The van der Waals surface area contributed by atoms with Crippen LogP contribution in [0.5, 0.6) is 0 Å². The number of allylic oxidation sites excluding steroid dienone is 5. The average molecular weight is 566 g/mol. The zero-order valence-electron chi connectivity index (χ0n) is 23.4. The first-order valence-corrected chi connectivity index (χ1v) is 14.6. The highest BCUT2D eigenvalue weighted by Gasteiger charge is 2.33. The summed E-state index contributed by atoms with van der Waals surface area (Å²) in [5.74, 6) is 0.103. The number of dihydropyridines is 1. The Balaban J connectivity index is 1.28. The molecule has 1 aromatic carbocycles. The molecule has 1 aliphatic carbocycles. The van der Waals surface area contributed by atoms with Crippen molar-refractivity contribution in [3.63, 3.8) is 0 Å². The van der Waals surface area contributed by atoms with Gasteiger partial charge in [-0.1, -0.05) is 48.0 Å². The van der Waals surface area contributed by atoms with E-state index in [9.17, 15) is 15.0 Å². The van der Waals surface area contributed by atoms with Crippen LogP contribution in [0.25, 0.3) is 0 Å². The lowest BCUT2D eigenvalue weighted by molar-refractivity contribution is -0.139. The second-order valence-electron chi connectivity index (χ2n) is 11.7. The molecule has 8 heteroatoms. The van der Waals surface area contributed by atoms with Crippen molar-refractivity contribution >= 4 is 17.6 Å². The number of nitrogens with one attached hydrogen (secondary N) is 1. The second kappa shape index (κ2) is 12.4. The van der Waals surface area contributed by atoms with Gasteiger partial charge in [0.25, 0.3) is 0 Å². The van der Waals surface area contributed by atoms with Gasteiger partial charge in [0, 0.05) is 54.3 Å². The Bertz CT molecular complexity index is 1260. The Morgan fingerprint density at radius 3 is 2.83 bits per heavy atom. The number of halogens is 1. The zero-order chi connectivity index (χ0) is 28.3. The van der Waals surface area contributed by atoms with E-state index in [1.165, 1.54) is 11.1 Å². The average Bonchev–Trinajstić information content (AvgIpc) is 3.33. The number of rotatable bonds is 9. The first-order valence-electron chi connectivity index (χ1n) is 14.2. The normalized spacial score (nSPS) is 24.2. The molecule has 214 valence electrons. The summed E-state index contributed by atoms with van der Waals surface area (Å²) in [7, 11) is 0. The van der Waals surface area contributed by atoms with Crippen LogP contribution in [0, 0.1) is 5.92 Å². The number of aliphatic carboxylic acids is 1. The quantitative estimate of drug-likeness (QED) is 0.401. The third kappa shape index (κ3) is 6.89. The molecule has 1 saturated heterocycles. The molecule has 0 radical (unpaired) electrons. The molecule has 1 fully saturated rings. The molecule has 3 aliphatic heterocycles. The lowest BCUT2D eigenvalue weighted by atomic mass is 9.78. The second-order valence-corrected chi connectivity index (χ2v) is 12.1. The number of carboxylic acid groups (broad SMARTS) is 1. The van der Waals surface area contributed by atoms with Gasteiger partial charge in [0.05, 0.1) is 17.8 Å². The fraction of sp³-hybridized carbons (Fsp3) is 0.469. The summed E-state index contributed by atoms with van der Waals surface area (Å²) < 4.78 is 6.22. The lowest BCUT2D eigenvalue weighted by Gasteiger charge is -2.31. The molecule has 2 atom stereocenters. The largest absolute Gasteiger partial charge is 0.487 e.